The van der Waals surface area contributed by atoms with Crippen LogP contribution in [0.2, 0.25) is 0 Å². The van der Waals surface area contributed by atoms with Crippen LogP contribution in [-0.4, -0.2) is 11.5 Å². The molecule has 1 heterocycles. The van der Waals surface area contributed by atoms with E-state index in [0.717, 1.165) is 23.7 Å². The molecule has 0 aliphatic heterocycles. The molecule has 21 heavy (non-hydrogen) atoms. The van der Waals surface area contributed by atoms with Crippen molar-refractivity contribution in [2.24, 2.45) is 5.92 Å². The van der Waals surface area contributed by atoms with Gasteiger partial charge in [0.05, 0.1) is 5.52 Å². The zero-order valence-corrected chi connectivity index (χ0v) is 13.8. The first kappa shape index (κ1) is 16.0. The maximum Gasteiger partial charge on any atom is 0.0705 e. The zero-order valence-electron chi connectivity index (χ0n) is 13.8. The molecule has 1 N–H and O–H groups in total. The van der Waals surface area contributed by atoms with Gasteiger partial charge in [0.25, 0.3) is 0 Å². The van der Waals surface area contributed by atoms with E-state index in [2.05, 4.69) is 61.4 Å². The number of aromatic nitrogens is 1. The second-order valence-electron chi connectivity index (χ2n) is 6.38. The number of hydrogen-bond acceptors (Lipinski definition) is 2. The summed E-state index contributed by atoms with van der Waals surface area (Å²) in [6.07, 6.45) is 3.63. The van der Waals surface area contributed by atoms with Gasteiger partial charge in [-0.3, -0.25) is 4.98 Å². The lowest BCUT2D eigenvalue weighted by Crippen LogP contribution is -2.22. The first-order chi connectivity index (χ1) is 10.1. The molecule has 0 fully saturated rings. The van der Waals surface area contributed by atoms with Crippen LogP contribution in [0.25, 0.3) is 10.9 Å². The lowest BCUT2D eigenvalue weighted by Gasteiger charge is -2.20. The Bertz CT molecular complexity index is 575. The maximum atomic E-state index is 4.59. The van der Waals surface area contributed by atoms with E-state index in [1.165, 1.54) is 30.2 Å². The fourth-order valence-electron chi connectivity index (χ4n) is 2.67. The summed E-state index contributed by atoms with van der Waals surface area (Å²) in [6.45, 7) is 9.93. The van der Waals surface area contributed by atoms with Gasteiger partial charge in [0, 0.05) is 17.1 Å². The lowest BCUT2D eigenvalue weighted by molar-refractivity contribution is 0.441. The van der Waals surface area contributed by atoms with Gasteiger partial charge in [0.1, 0.15) is 0 Å². The van der Waals surface area contributed by atoms with Gasteiger partial charge in [-0.25, -0.2) is 0 Å². The molecule has 2 aromatic rings. The molecule has 2 heteroatoms. The summed E-state index contributed by atoms with van der Waals surface area (Å²) in [4.78, 5) is 4.59. The molecule has 1 atom stereocenters. The van der Waals surface area contributed by atoms with Crippen molar-refractivity contribution in [3.63, 3.8) is 0 Å². The maximum absolute atomic E-state index is 4.59. The van der Waals surface area contributed by atoms with Gasteiger partial charge in [-0.15, -0.1) is 0 Å². The van der Waals surface area contributed by atoms with E-state index in [9.17, 15) is 0 Å². The number of benzene rings is 1. The van der Waals surface area contributed by atoms with Crippen LogP contribution in [0.1, 0.15) is 57.3 Å². The van der Waals surface area contributed by atoms with Crippen LogP contribution in [0.4, 0.5) is 0 Å². The summed E-state index contributed by atoms with van der Waals surface area (Å²) in [6, 6.07) is 11.4. The molecule has 1 unspecified atom stereocenters. The number of nitrogens with one attached hydrogen (secondary N) is 1. The Morgan fingerprint density at radius 1 is 1.10 bits per heavy atom. The summed E-state index contributed by atoms with van der Waals surface area (Å²) in [5.74, 6) is 0.751. The van der Waals surface area contributed by atoms with Crippen LogP contribution in [0, 0.1) is 12.8 Å². The molecule has 2 rings (SSSR count). The van der Waals surface area contributed by atoms with E-state index in [1.54, 1.807) is 0 Å². The van der Waals surface area contributed by atoms with E-state index in [1.807, 2.05) is 6.92 Å². The van der Waals surface area contributed by atoms with Crippen molar-refractivity contribution in [3.05, 3.63) is 41.6 Å². The minimum atomic E-state index is 0.457. The summed E-state index contributed by atoms with van der Waals surface area (Å²) in [5.41, 5.74) is 3.56. The highest BCUT2D eigenvalue weighted by atomic mass is 14.9. The Morgan fingerprint density at radius 3 is 2.62 bits per heavy atom. The summed E-state index contributed by atoms with van der Waals surface area (Å²) in [5, 5.41) is 4.94. The third-order valence-corrected chi connectivity index (χ3v) is 3.93. The van der Waals surface area contributed by atoms with Crippen LogP contribution in [0.15, 0.2) is 30.3 Å². The standard InChI is InChI=1S/C19H28N2/c1-5-12-20-18(10-6-14(2)3)16-9-11-19-17(13-16)8-7-15(4)21-19/h7-9,11,13-14,18,20H,5-6,10,12H2,1-4H3. The zero-order chi connectivity index (χ0) is 15.2. The number of pyridine rings is 1. The van der Waals surface area contributed by atoms with Crippen molar-refractivity contribution in [1.82, 2.24) is 10.3 Å². The van der Waals surface area contributed by atoms with Crippen molar-refractivity contribution in [1.29, 1.82) is 0 Å². The van der Waals surface area contributed by atoms with Crippen LogP contribution >= 0.6 is 0 Å². The molecule has 0 saturated heterocycles. The Balaban J connectivity index is 2.23. The van der Waals surface area contributed by atoms with Gasteiger partial charge in [0.2, 0.25) is 0 Å². The Morgan fingerprint density at radius 2 is 1.90 bits per heavy atom. The van der Waals surface area contributed by atoms with Gasteiger partial charge in [-0.05, 0) is 62.4 Å². The first-order valence-corrected chi connectivity index (χ1v) is 8.21. The molecule has 0 aliphatic carbocycles. The van der Waals surface area contributed by atoms with Crippen LogP contribution in [0.3, 0.4) is 0 Å². The van der Waals surface area contributed by atoms with Gasteiger partial charge in [-0.2, -0.15) is 0 Å². The average Bonchev–Trinajstić information content (AvgIpc) is 2.46. The van der Waals surface area contributed by atoms with Crippen molar-refractivity contribution >= 4 is 10.9 Å². The van der Waals surface area contributed by atoms with E-state index in [4.69, 9.17) is 0 Å². The highest BCUT2D eigenvalue weighted by Gasteiger charge is 2.12. The monoisotopic (exact) mass is 284 g/mol. The van der Waals surface area contributed by atoms with E-state index >= 15 is 0 Å². The van der Waals surface area contributed by atoms with Crippen LogP contribution in [0.5, 0.6) is 0 Å². The molecule has 1 aromatic heterocycles. The van der Waals surface area contributed by atoms with E-state index in [-0.39, 0.29) is 0 Å². The molecule has 0 radical (unpaired) electrons. The largest absolute Gasteiger partial charge is 0.310 e. The Kier molecular flexibility index (Phi) is 5.75. The van der Waals surface area contributed by atoms with Gasteiger partial charge in [0.15, 0.2) is 0 Å². The molecule has 114 valence electrons. The van der Waals surface area contributed by atoms with E-state index in [0.29, 0.717) is 6.04 Å². The fraction of sp³-hybridized carbons (Fsp3) is 0.526. The Labute approximate surface area is 129 Å². The van der Waals surface area contributed by atoms with Crippen molar-refractivity contribution in [2.45, 2.75) is 53.0 Å². The van der Waals surface area contributed by atoms with Gasteiger partial charge < -0.3 is 5.32 Å². The lowest BCUT2D eigenvalue weighted by atomic mass is 9.96. The van der Waals surface area contributed by atoms with Crippen LogP contribution < -0.4 is 5.32 Å². The molecule has 2 nitrogen and oxygen atoms in total. The van der Waals surface area contributed by atoms with Gasteiger partial charge >= 0.3 is 0 Å². The van der Waals surface area contributed by atoms with Crippen molar-refractivity contribution in [3.8, 4) is 0 Å². The summed E-state index contributed by atoms with van der Waals surface area (Å²) >= 11 is 0. The van der Waals surface area contributed by atoms with Crippen molar-refractivity contribution < 1.29 is 0 Å². The molecule has 0 aliphatic rings. The third-order valence-electron chi connectivity index (χ3n) is 3.93. The summed E-state index contributed by atoms with van der Waals surface area (Å²) in [7, 11) is 0. The highest BCUT2D eigenvalue weighted by molar-refractivity contribution is 5.79. The number of aryl methyl sites for hydroxylation is 1. The van der Waals surface area contributed by atoms with Gasteiger partial charge in [-0.1, -0.05) is 32.9 Å². The number of nitrogens with zero attached hydrogens (tertiary/aromatic N) is 1. The minimum Gasteiger partial charge on any atom is -0.310 e. The first-order valence-electron chi connectivity index (χ1n) is 8.21. The molecule has 0 spiro atoms. The molecule has 0 bridgehead atoms. The highest BCUT2D eigenvalue weighted by Crippen LogP contribution is 2.24. The summed E-state index contributed by atoms with van der Waals surface area (Å²) < 4.78 is 0. The predicted molar refractivity (Wildman–Crippen MR) is 91.6 cm³/mol. The second-order valence-corrected chi connectivity index (χ2v) is 6.38. The second kappa shape index (κ2) is 7.56. The Hall–Kier alpha value is -1.41. The molecular weight excluding hydrogens is 256 g/mol. The number of fused-ring (bicyclic) bond motifs is 1. The fourth-order valence-corrected chi connectivity index (χ4v) is 2.67. The normalized spacial score (nSPS) is 13.0. The molecule has 0 saturated carbocycles. The average molecular weight is 284 g/mol. The van der Waals surface area contributed by atoms with Crippen LogP contribution in [-0.2, 0) is 0 Å². The van der Waals surface area contributed by atoms with E-state index < -0.39 is 0 Å². The topological polar surface area (TPSA) is 24.9 Å². The minimum absolute atomic E-state index is 0.457. The molecule has 0 amide bonds. The third kappa shape index (κ3) is 4.53. The predicted octanol–water partition coefficient (Wildman–Crippen LogP) is 5.02. The molecule has 1 aromatic carbocycles. The number of hydrogen-bond donors (Lipinski definition) is 1. The SMILES string of the molecule is CCCNC(CCC(C)C)c1ccc2nc(C)ccc2c1. The quantitative estimate of drug-likeness (QED) is 0.772. The molecular formula is C19H28N2. The number of rotatable bonds is 7. The smallest absolute Gasteiger partial charge is 0.0705 e. The van der Waals surface area contributed by atoms with Crippen molar-refractivity contribution in [2.75, 3.05) is 6.54 Å².